The zero-order valence-electron chi connectivity index (χ0n) is 15.6. The molecule has 0 aromatic heterocycles. The molecule has 2 saturated heterocycles. The molecule has 5 nitrogen and oxygen atoms in total. The normalized spacial score (nSPS) is 24.5. The van der Waals surface area contributed by atoms with E-state index in [-0.39, 0.29) is 23.7 Å². The number of aliphatic imine (C=N–C) groups is 1. The van der Waals surface area contributed by atoms with Crippen molar-refractivity contribution in [3.8, 4) is 0 Å². The Hall–Kier alpha value is -1.24. The molecule has 1 aromatic rings. The molecule has 8 heteroatoms. The highest BCUT2D eigenvalue weighted by Gasteiger charge is 2.38. The number of thioether (sulfide) groups is 1. The third-order valence-electron chi connectivity index (χ3n) is 5.39. The molecule has 0 N–H and O–H groups in total. The summed E-state index contributed by atoms with van der Waals surface area (Å²) < 4.78 is 0. The van der Waals surface area contributed by atoms with E-state index in [1.54, 1.807) is 34.9 Å². The monoisotopic (exact) mass is 439 g/mol. The maximum atomic E-state index is 13.3. The van der Waals surface area contributed by atoms with Gasteiger partial charge in [0.15, 0.2) is 5.17 Å². The number of hydrogen-bond acceptors (Lipinski definition) is 4. The molecule has 1 aliphatic carbocycles. The van der Waals surface area contributed by atoms with Crippen molar-refractivity contribution in [2.75, 3.05) is 25.4 Å². The van der Waals surface area contributed by atoms with Gasteiger partial charge in [0.2, 0.25) is 11.8 Å². The van der Waals surface area contributed by atoms with Crippen LogP contribution in [0.4, 0.5) is 5.69 Å². The molecule has 2 heterocycles. The van der Waals surface area contributed by atoms with E-state index in [4.69, 9.17) is 23.2 Å². The maximum absolute atomic E-state index is 13.3. The summed E-state index contributed by atoms with van der Waals surface area (Å²) in [5.74, 6) is 1.30. The van der Waals surface area contributed by atoms with Crippen molar-refractivity contribution in [2.24, 2.45) is 16.8 Å². The summed E-state index contributed by atoms with van der Waals surface area (Å²) >= 11 is 13.7. The Kier molecular flexibility index (Phi) is 6.18. The van der Waals surface area contributed by atoms with Gasteiger partial charge in [0.05, 0.1) is 21.7 Å². The van der Waals surface area contributed by atoms with Gasteiger partial charge < -0.3 is 4.90 Å². The molecule has 2 aliphatic heterocycles. The van der Waals surface area contributed by atoms with Crippen molar-refractivity contribution in [2.45, 2.75) is 32.1 Å². The number of likely N-dealkylation sites (tertiary alicyclic amines) is 1. The number of halogens is 2. The molecule has 0 spiro atoms. The number of piperidine rings is 1. The van der Waals surface area contributed by atoms with E-state index in [0.29, 0.717) is 34.0 Å². The van der Waals surface area contributed by atoms with Gasteiger partial charge in [0.25, 0.3) is 0 Å². The van der Waals surface area contributed by atoms with Crippen LogP contribution in [0.15, 0.2) is 23.2 Å². The van der Waals surface area contributed by atoms with Crippen LogP contribution in [0.3, 0.4) is 0 Å². The SMILES string of the molecule is O=C(C1CC1)N1CCCC(C(=O)N2CCCSC2=Nc2ccc(Cl)c(Cl)c2)C1. The summed E-state index contributed by atoms with van der Waals surface area (Å²) in [6.07, 6.45) is 4.65. The van der Waals surface area contributed by atoms with Crippen LogP contribution in [-0.4, -0.2) is 52.2 Å². The van der Waals surface area contributed by atoms with E-state index in [9.17, 15) is 9.59 Å². The molecule has 1 aromatic carbocycles. The average Bonchev–Trinajstić information content (AvgIpc) is 3.55. The number of carbonyl (C=O) groups excluding carboxylic acids is 2. The lowest BCUT2D eigenvalue weighted by molar-refractivity contribution is -0.139. The van der Waals surface area contributed by atoms with Gasteiger partial charge in [-0.2, -0.15) is 0 Å². The lowest BCUT2D eigenvalue weighted by atomic mass is 9.96. The Bertz CT molecular complexity index is 813. The largest absolute Gasteiger partial charge is 0.342 e. The van der Waals surface area contributed by atoms with Crippen molar-refractivity contribution in [1.82, 2.24) is 9.80 Å². The highest BCUT2D eigenvalue weighted by Crippen LogP contribution is 2.34. The first-order chi connectivity index (χ1) is 13.5. The summed E-state index contributed by atoms with van der Waals surface area (Å²) in [7, 11) is 0. The minimum Gasteiger partial charge on any atom is -0.342 e. The van der Waals surface area contributed by atoms with Crippen molar-refractivity contribution < 1.29 is 9.59 Å². The highest BCUT2D eigenvalue weighted by molar-refractivity contribution is 8.13. The number of nitrogens with zero attached hydrogens (tertiary/aromatic N) is 3. The molecule has 2 amide bonds. The highest BCUT2D eigenvalue weighted by atomic mass is 35.5. The van der Waals surface area contributed by atoms with Gasteiger partial charge in [-0.25, -0.2) is 4.99 Å². The van der Waals surface area contributed by atoms with Crippen molar-refractivity contribution in [1.29, 1.82) is 0 Å². The summed E-state index contributed by atoms with van der Waals surface area (Å²) in [5, 5.41) is 1.64. The predicted molar refractivity (Wildman–Crippen MR) is 114 cm³/mol. The number of benzene rings is 1. The van der Waals surface area contributed by atoms with E-state index in [1.165, 1.54) is 0 Å². The first kappa shape index (κ1) is 20.0. The molecule has 3 fully saturated rings. The third-order valence-corrected chi connectivity index (χ3v) is 7.19. The van der Waals surface area contributed by atoms with Gasteiger partial charge in [-0.15, -0.1) is 0 Å². The quantitative estimate of drug-likeness (QED) is 0.691. The topological polar surface area (TPSA) is 53.0 Å². The average molecular weight is 440 g/mol. The molecule has 1 saturated carbocycles. The van der Waals surface area contributed by atoms with E-state index >= 15 is 0 Å². The summed E-state index contributed by atoms with van der Waals surface area (Å²) in [6.45, 7) is 1.98. The van der Waals surface area contributed by atoms with Gasteiger partial charge in [-0.1, -0.05) is 35.0 Å². The zero-order valence-corrected chi connectivity index (χ0v) is 17.9. The second kappa shape index (κ2) is 8.64. The zero-order chi connectivity index (χ0) is 19.7. The van der Waals surface area contributed by atoms with Crippen LogP contribution in [0.25, 0.3) is 0 Å². The molecule has 28 heavy (non-hydrogen) atoms. The molecular weight excluding hydrogens is 417 g/mol. The van der Waals surface area contributed by atoms with Gasteiger partial charge >= 0.3 is 0 Å². The fourth-order valence-corrected chi connectivity index (χ4v) is 4.96. The van der Waals surface area contributed by atoms with Crippen LogP contribution in [0.2, 0.25) is 10.0 Å². The van der Waals surface area contributed by atoms with Crippen molar-refractivity contribution in [3.05, 3.63) is 28.2 Å². The molecule has 1 atom stereocenters. The number of amidine groups is 1. The Morgan fingerprint density at radius 2 is 1.82 bits per heavy atom. The first-order valence-corrected chi connectivity index (χ1v) is 11.5. The lowest BCUT2D eigenvalue weighted by Gasteiger charge is -2.36. The fraction of sp³-hybridized carbons (Fsp3) is 0.550. The van der Waals surface area contributed by atoms with Crippen LogP contribution in [0.1, 0.15) is 32.1 Å². The number of carbonyl (C=O) groups is 2. The molecule has 3 aliphatic rings. The van der Waals surface area contributed by atoms with Crippen LogP contribution < -0.4 is 0 Å². The maximum Gasteiger partial charge on any atom is 0.233 e. The Morgan fingerprint density at radius 1 is 1.00 bits per heavy atom. The third kappa shape index (κ3) is 4.50. The van der Waals surface area contributed by atoms with Gasteiger partial charge in [0, 0.05) is 31.3 Å². The van der Waals surface area contributed by atoms with Gasteiger partial charge in [-0.3, -0.25) is 14.5 Å². The molecule has 0 radical (unpaired) electrons. The smallest absolute Gasteiger partial charge is 0.233 e. The minimum absolute atomic E-state index is 0.0827. The molecular formula is C20H23Cl2N3O2S. The minimum atomic E-state index is -0.144. The van der Waals surface area contributed by atoms with Crippen molar-refractivity contribution in [3.63, 3.8) is 0 Å². The first-order valence-electron chi connectivity index (χ1n) is 9.79. The molecule has 4 rings (SSSR count). The fourth-order valence-electron chi connectivity index (χ4n) is 3.71. The van der Waals surface area contributed by atoms with Crippen LogP contribution in [0, 0.1) is 11.8 Å². The van der Waals surface area contributed by atoms with E-state index in [1.807, 2.05) is 4.90 Å². The molecule has 0 bridgehead atoms. The van der Waals surface area contributed by atoms with Crippen LogP contribution in [-0.2, 0) is 9.59 Å². The van der Waals surface area contributed by atoms with E-state index in [2.05, 4.69) is 4.99 Å². The summed E-state index contributed by atoms with van der Waals surface area (Å²) in [6, 6.07) is 5.23. The second-order valence-electron chi connectivity index (χ2n) is 7.58. The molecule has 1 unspecified atom stereocenters. The second-order valence-corrected chi connectivity index (χ2v) is 9.46. The van der Waals surface area contributed by atoms with E-state index in [0.717, 1.165) is 44.4 Å². The number of rotatable bonds is 3. The number of hydrogen-bond donors (Lipinski definition) is 0. The Labute approximate surface area is 179 Å². The Morgan fingerprint density at radius 3 is 2.57 bits per heavy atom. The summed E-state index contributed by atoms with van der Waals surface area (Å²) in [4.78, 5) is 34.1. The van der Waals surface area contributed by atoms with Gasteiger partial charge in [0.1, 0.15) is 0 Å². The lowest BCUT2D eigenvalue weighted by Crippen LogP contribution is -2.49. The predicted octanol–water partition coefficient (Wildman–Crippen LogP) is 4.60. The van der Waals surface area contributed by atoms with E-state index < -0.39 is 0 Å². The van der Waals surface area contributed by atoms with Gasteiger partial charge in [-0.05, 0) is 50.3 Å². The standard InChI is InChI=1S/C20H23Cl2N3O2S/c21-16-7-6-15(11-17(16)22)23-20-25(9-2-10-28-20)19(27)14-3-1-8-24(12-14)18(26)13-4-5-13/h6-7,11,13-14H,1-5,8-10,12H2. The van der Waals surface area contributed by atoms with Crippen LogP contribution in [0.5, 0.6) is 0 Å². The van der Waals surface area contributed by atoms with Crippen LogP contribution >= 0.6 is 35.0 Å². The molecule has 150 valence electrons. The summed E-state index contributed by atoms with van der Waals surface area (Å²) in [5.41, 5.74) is 0.686. The Balaban J connectivity index is 1.50. The number of amides is 2. The van der Waals surface area contributed by atoms with Crippen molar-refractivity contribution >= 4 is 57.6 Å².